The van der Waals surface area contributed by atoms with Crippen LogP contribution in [-0.4, -0.2) is 51.8 Å². The molecule has 0 saturated heterocycles. The van der Waals surface area contributed by atoms with E-state index in [9.17, 15) is 4.79 Å². The van der Waals surface area contributed by atoms with Crippen LogP contribution in [0, 0.1) is 0 Å². The molecule has 0 N–H and O–H groups in total. The number of pyridine rings is 1. The van der Waals surface area contributed by atoms with E-state index in [2.05, 4.69) is 15.2 Å². The Hall–Kier alpha value is -2.91. The van der Waals surface area contributed by atoms with Gasteiger partial charge in [-0.25, -0.2) is 0 Å². The van der Waals surface area contributed by atoms with Crippen molar-refractivity contribution in [1.29, 1.82) is 0 Å². The van der Waals surface area contributed by atoms with Crippen LogP contribution < -0.4 is 9.47 Å². The van der Waals surface area contributed by atoms with Gasteiger partial charge >= 0.3 is 0 Å². The maximum Gasteiger partial charge on any atom is 0.231 e. The van der Waals surface area contributed by atoms with Crippen molar-refractivity contribution < 1.29 is 19.0 Å². The Balaban J connectivity index is 1.51. The summed E-state index contributed by atoms with van der Waals surface area (Å²) in [7, 11) is 1.65. The van der Waals surface area contributed by atoms with Crippen LogP contribution in [0.1, 0.15) is 10.4 Å². The van der Waals surface area contributed by atoms with Crippen LogP contribution in [0.3, 0.4) is 0 Å². The highest BCUT2D eigenvalue weighted by Crippen LogP contribution is 2.33. The molecule has 0 spiro atoms. The van der Waals surface area contributed by atoms with Crippen molar-refractivity contribution in [1.82, 2.24) is 19.7 Å². The molecular formula is C19H18N4O4S. The van der Waals surface area contributed by atoms with E-state index in [0.717, 1.165) is 11.4 Å². The predicted molar refractivity (Wildman–Crippen MR) is 103 cm³/mol. The van der Waals surface area contributed by atoms with Crippen molar-refractivity contribution in [3.05, 3.63) is 48.3 Å². The van der Waals surface area contributed by atoms with Crippen LogP contribution in [0.25, 0.3) is 11.4 Å². The first-order valence-corrected chi connectivity index (χ1v) is 9.63. The van der Waals surface area contributed by atoms with Gasteiger partial charge < -0.3 is 14.2 Å². The highest BCUT2D eigenvalue weighted by Gasteiger charge is 2.19. The fourth-order valence-corrected chi connectivity index (χ4v) is 3.64. The van der Waals surface area contributed by atoms with Crippen molar-refractivity contribution >= 4 is 17.5 Å². The van der Waals surface area contributed by atoms with Crippen molar-refractivity contribution in [3.63, 3.8) is 0 Å². The van der Waals surface area contributed by atoms with Gasteiger partial charge in [0, 0.05) is 30.6 Å². The molecule has 0 atom stereocenters. The van der Waals surface area contributed by atoms with Gasteiger partial charge in [-0.2, -0.15) is 0 Å². The van der Waals surface area contributed by atoms with Crippen molar-refractivity contribution in [2.45, 2.75) is 11.7 Å². The molecular weight excluding hydrogens is 380 g/mol. The molecule has 0 amide bonds. The fraction of sp³-hybridized carbons (Fsp3) is 0.263. The maximum atomic E-state index is 12.6. The molecule has 0 fully saturated rings. The summed E-state index contributed by atoms with van der Waals surface area (Å²) in [5, 5.41) is 9.23. The SMILES string of the molecule is COCCn1c(SCC(=O)c2ccc3c(c2)OCO3)nnc1-c1ccncc1. The number of aromatic nitrogens is 4. The molecule has 1 aliphatic rings. The molecule has 0 bridgehead atoms. The number of ether oxygens (including phenoxy) is 3. The molecule has 9 heteroatoms. The first-order valence-electron chi connectivity index (χ1n) is 8.64. The third kappa shape index (κ3) is 3.85. The van der Waals surface area contributed by atoms with Gasteiger partial charge in [0.05, 0.1) is 18.9 Å². The standard InChI is InChI=1S/C19H18N4O4S/c1-25-9-8-23-18(13-4-6-20-7-5-13)21-22-19(23)28-11-15(24)14-2-3-16-17(10-14)27-12-26-16/h2-7,10H,8-9,11-12H2,1H3. The average Bonchev–Trinajstić information content (AvgIpc) is 3.37. The highest BCUT2D eigenvalue weighted by atomic mass is 32.2. The molecule has 8 nitrogen and oxygen atoms in total. The molecule has 0 radical (unpaired) electrons. The molecule has 3 aromatic rings. The van der Waals surface area contributed by atoms with E-state index in [0.29, 0.717) is 35.4 Å². The number of carbonyl (C=O) groups is 1. The van der Waals surface area contributed by atoms with Crippen LogP contribution in [0.2, 0.25) is 0 Å². The number of rotatable bonds is 8. The summed E-state index contributed by atoms with van der Waals surface area (Å²) in [6, 6.07) is 8.96. The number of fused-ring (bicyclic) bond motifs is 1. The van der Waals surface area contributed by atoms with Gasteiger partial charge in [0.15, 0.2) is 28.3 Å². The lowest BCUT2D eigenvalue weighted by Gasteiger charge is -2.09. The van der Waals surface area contributed by atoms with E-state index in [-0.39, 0.29) is 18.3 Å². The topological polar surface area (TPSA) is 88.4 Å². The van der Waals surface area contributed by atoms with E-state index in [4.69, 9.17) is 14.2 Å². The van der Waals surface area contributed by atoms with Gasteiger partial charge in [0.1, 0.15) is 0 Å². The van der Waals surface area contributed by atoms with Crippen molar-refractivity contribution in [2.75, 3.05) is 26.3 Å². The average molecular weight is 398 g/mol. The lowest BCUT2D eigenvalue weighted by atomic mass is 10.1. The molecule has 144 valence electrons. The molecule has 4 rings (SSSR count). The van der Waals surface area contributed by atoms with Gasteiger partial charge in [-0.3, -0.25) is 14.3 Å². The second-order valence-corrected chi connectivity index (χ2v) is 6.91. The Morgan fingerprint density at radius 1 is 1.18 bits per heavy atom. The van der Waals surface area contributed by atoms with Crippen molar-refractivity contribution in [3.8, 4) is 22.9 Å². The third-order valence-electron chi connectivity index (χ3n) is 4.20. The Morgan fingerprint density at radius 3 is 2.82 bits per heavy atom. The summed E-state index contributed by atoms with van der Waals surface area (Å²) in [5.74, 6) is 2.19. The zero-order valence-electron chi connectivity index (χ0n) is 15.2. The van der Waals surface area contributed by atoms with Gasteiger partial charge in [0.2, 0.25) is 6.79 Å². The van der Waals surface area contributed by atoms with Crippen LogP contribution in [-0.2, 0) is 11.3 Å². The zero-order chi connectivity index (χ0) is 19.3. The van der Waals surface area contributed by atoms with Gasteiger partial charge in [-0.1, -0.05) is 11.8 Å². The molecule has 0 aliphatic carbocycles. The minimum absolute atomic E-state index is 0.0185. The molecule has 1 aliphatic heterocycles. The second-order valence-electron chi connectivity index (χ2n) is 5.97. The van der Waals surface area contributed by atoms with Gasteiger partial charge in [-0.15, -0.1) is 10.2 Å². The lowest BCUT2D eigenvalue weighted by Crippen LogP contribution is -2.09. The number of Topliss-reactive ketones (excluding diaryl/α,β-unsaturated/α-hetero) is 1. The van der Waals surface area contributed by atoms with Crippen LogP contribution >= 0.6 is 11.8 Å². The third-order valence-corrected chi connectivity index (χ3v) is 5.17. The van der Waals surface area contributed by atoms with E-state index in [1.165, 1.54) is 11.8 Å². The molecule has 28 heavy (non-hydrogen) atoms. The number of nitrogens with zero attached hydrogens (tertiary/aromatic N) is 4. The monoisotopic (exact) mass is 398 g/mol. The fourth-order valence-electron chi connectivity index (χ4n) is 2.78. The number of carbonyl (C=O) groups excluding carboxylic acids is 1. The molecule has 3 heterocycles. The summed E-state index contributed by atoms with van der Waals surface area (Å²) in [6.45, 7) is 1.28. The Labute approximate surface area is 165 Å². The van der Waals surface area contributed by atoms with E-state index in [1.807, 2.05) is 16.7 Å². The smallest absolute Gasteiger partial charge is 0.231 e. The van der Waals surface area contributed by atoms with E-state index >= 15 is 0 Å². The molecule has 2 aromatic heterocycles. The number of methoxy groups -OCH3 is 1. The largest absolute Gasteiger partial charge is 0.454 e. The lowest BCUT2D eigenvalue weighted by molar-refractivity contribution is 0.102. The van der Waals surface area contributed by atoms with Gasteiger partial charge in [0.25, 0.3) is 0 Å². The Kier molecular flexibility index (Phi) is 5.54. The molecule has 0 saturated carbocycles. The maximum absolute atomic E-state index is 12.6. The Morgan fingerprint density at radius 2 is 2.00 bits per heavy atom. The van der Waals surface area contributed by atoms with Gasteiger partial charge in [-0.05, 0) is 30.3 Å². The Bertz CT molecular complexity index is 977. The summed E-state index contributed by atoms with van der Waals surface area (Å²) in [6.07, 6.45) is 3.42. The predicted octanol–water partition coefficient (Wildman–Crippen LogP) is 2.69. The highest BCUT2D eigenvalue weighted by molar-refractivity contribution is 7.99. The molecule has 0 unspecified atom stereocenters. The number of benzene rings is 1. The summed E-state index contributed by atoms with van der Waals surface area (Å²) < 4.78 is 17.8. The summed E-state index contributed by atoms with van der Waals surface area (Å²) >= 11 is 1.35. The van der Waals surface area contributed by atoms with Crippen LogP contribution in [0.5, 0.6) is 11.5 Å². The van der Waals surface area contributed by atoms with E-state index < -0.39 is 0 Å². The second kappa shape index (κ2) is 8.41. The summed E-state index contributed by atoms with van der Waals surface area (Å²) in [5.41, 5.74) is 1.49. The number of ketones is 1. The number of hydrogen-bond acceptors (Lipinski definition) is 8. The van der Waals surface area contributed by atoms with Crippen molar-refractivity contribution in [2.24, 2.45) is 0 Å². The summed E-state index contributed by atoms with van der Waals surface area (Å²) in [4.78, 5) is 16.6. The number of thioether (sulfide) groups is 1. The van der Waals surface area contributed by atoms with Crippen LogP contribution in [0.15, 0.2) is 47.9 Å². The zero-order valence-corrected chi connectivity index (χ0v) is 16.0. The minimum atomic E-state index is -0.0185. The van der Waals surface area contributed by atoms with E-state index in [1.54, 1.807) is 37.7 Å². The number of hydrogen-bond donors (Lipinski definition) is 0. The first kappa shape index (κ1) is 18.5. The molecule has 1 aromatic carbocycles. The normalized spacial score (nSPS) is 12.3. The van der Waals surface area contributed by atoms with Crippen LogP contribution in [0.4, 0.5) is 0 Å². The minimum Gasteiger partial charge on any atom is -0.454 e. The first-order chi connectivity index (χ1) is 13.8. The quantitative estimate of drug-likeness (QED) is 0.423.